The third-order valence-electron chi connectivity index (χ3n) is 7.82. The van der Waals surface area contributed by atoms with Crippen molar-refractivity contribution in [2.75, 3.05) is 61.3 Å². The molecule has 210 valence electrons. The standard InChI is InChI=1S/C27H37F3N6S.ClH/c28-27(29,30)19-15-23(33-20-6-10-35(11-7-20)14-9-32)26-25(16-19)37-24-17-21(1-2-22(24)34-26)36-12-4-18(3-8-31)5-13-36;/h1-2,15-18,20,33-34H,3-14,31-32H2;1H. The van der Waals surface area contributed by atoms with Crippen LogP contribution in [0.15, 0.2) is 40.1 Å². The normalized spacial score (nSPS) is 18.8. The largest absolute Gasteiger partial charge is 0.416 e. The Kier molecular flexibility index (Phi) is 9.62. The van der Waals surface area contributed by atoms with Gasteiger partial charge in [-0.15, -0.1) is 12.4 Å². The smallest absolute Gasteiger partial charge is 0.380 e. The number of piperidine rings is 2. The van der Waals surface area contributed by atoms with Crippen molar-refractivity contribution in [3.05, 3.63) is 35.9 Å². The van der Waals surface area contributed by atoms with Crippen molar-refractivity contribution in [1.82, 2.24) is 4.90 Å². The van der Waals surface area contributed by atoms with Crippen LogP contribution in [0.2, 0.25) is 0 Å². The van der Waals surface area contributed by atoms with Crippen LogP contribution in [0.25, 0.3) is 0 Å². The van der Waals surface area contributed by atoms with E-state index in [1.807, 2.05) is 0 Å². The summed E-state index contributed by atoms with van der Waals surface area (Å²) in [4.78, 5) is 6.24. The van der Waals surface area contributed by atoms with Crippen molar-refractivity contribution in [3.8, 4) is 0 Å². The van der Waals surface area contributed by atoms with Crippen LogP contribution in [0.4, 0.5) is 35.9 Å². The Labute approximate surface area is 233 Å². The average Bonchev–Trinajstić information content (AvgIpc) is 2.88. The summed E-state index contributed by atoms with van der Waals surface area (Å²) in [7, 11) is 0. The third kappa shape index (κ3) is 6.65. The van der Waals surface area contributed by atoms with Crippen LogP contribution in [-0.4, -0.2) is 56.8 Å². The molecule has 11 heteroatoms. The van der Waals surface area contributed by atoms with Crippen LogP contribution in [0.3, 0.4) is 0 Å². The van der Waals surface area contributed by atoms with Crippen molar-refractivity contribution in [2.24, 2.45) is 17.4 Å². The molecule has 0 saturated carbocycles. The average molecular weight is 571 g/mol. The molecule has 0 amide bonds. The molecule has 38 heavy (non-hydrogen) atoms. The first-order valence-electron chi connectivity index (χ1n) is 13.3. The molecule has 0 unspecified atom stereocenters. The molecule has 2 fully saturated rings. The second-order valence-corrected chi connectivity index (χ2v) is 11.4. The van der Waals surface area contributed by atoms with Crippen molar-refractivity contribution in [3.63, 3.8) is 0 Å². The molecule has 0 atom stereocenters. The van der Waals surface area contributed by atoms with Gasteiger partial charge in [0.05, 0.1) is 22.6 Å². The third-order valence-corrected chi connectivity index (χ3v) is 8.92. The molecule has 2 aromatic rings. The van der Waals surface area contributed by atoms with Gasteiger partial charge in [0.1, 0.15) is 0 Å². The van der Waals surface area contributed by atoms with Gasteiger partial charge in [-0.1, -0.05) is 11.8 Å². The number of alkyl halides is 3. The van der Waals surface area contributed by atoms with E-state index in [1.54, 1.807) is 0 Å². The molecule has 0 spiro atoms. The van der Waals surface area contributed by atoms with Crippen molar-refractivity contribution < 1.29 is 13.2 Å². The number of rotatable bonds is 7. The number of hydrogen-bond donors (Lipinski definition) is 4. The van der Waals surface area contributed by atoms with E-state index in [0.717, 1.165) is 93.3 Å². The summed E-state index contributed by atoms with van der Waals surface area (Å²) in [6, 6.07) is 8.93. The number of nitrogens with one attached hydrogen (secondary N) is 2. The highest BCUT2D eigenvalue weighted by Crippen LogP contribution is 2.50. The minimum absolute atomic E-state index is 0. The molecule has 6 N–H and O–H groups in total. The quantitative estimate of drug-likeness (QED) is 0.288. The van der Waals surface area contributed by atoms with E-state index < -0.39 is 11.7 Å². The second-order valence-electron chi connectivity index (χ2n) is 10.4. The van der Waals surface area contributed by atoms with E-state index in [4.69, 9.17) is 11.5 Å². The van der Waals surface area contributed by atoms with Gasteiger partial charge in [0, 0.05) is 60.8 Å². The number of nitrogens with two attached hydrogens (primary N) is 2. The molecule has 0 bridgehead atoms. The molecule has 5 rings (SSSR count). The van der Waals surface area contributed by atoms with Crippen molar-refractivity contribution in [2.45, 2.75) is 54.1 Å². The summed E-state index contributed by atoms with van der Waals surface area (Å²) < 4.78 is 41.6. The summed E-state index contributed by atoms with van der Waals surface area (Å²) in [5.74, 6) is 0.682. The van der Waals surface area contributed by atoms with Gasteiger partial charge < -0.3 is 31.9 Å². The highest BCUT2D eigenvalue weighted by molar-refractivity contribution is 7.99. The number of likely N-dealkylation sites (tertiary alicyclic amines) is 1. The van der Waals surface area contributed by atoms with Gasteiger partial charge >= 0.3 is 6.18 Å². The number of anilines is 4. The number of hydrogen-bond acceptors (Lipinski definition) is 7. The predicted molar refractivity (Wildman–Crippen MR) is 153 cm³/mol. The Morgan fingerprint density at radius 3 is 2.34 bits per heavy atom. The molecule has 2 aromatic carbocycles. The van der Waals surface area contributed by atoms with Crippen LogP contribution in [0.1, 0.15) is 37.7 Å². The summed E-state index contributed by atoms with van der Waals surface area (Å²) in [5, 5.41) is 6.89. The summed E-state index contributed by atoms with van der Waals surface area (Å²) in [5.41, 5.74) is 14.1. The first-order chi connectivity index (χ1) is 17.8. The Hall–Kier alpha value is -1.85. The van der Waals surface area contributed by atoms with Crippen LogP contribution in [-0.2, 0) is 6.18 Å². The Morgan fingerprint density at radius 2 is 1.68 bits per heavy atom. The maximum atomic E-state index is 13.9. The van der Waals surface area contributed by atoms with Gasteiger partial charge in [0.2, 0.25) is 0 Å². The lowest BCUT2D eigenvalue weighted by Gasteiger charge is -2.35. The van der Waals surface area contributed by atoms with E-state index in [2.05, 4.69) is 38.6 Å². The monoisotopic (exact) mass is 570 g/mol. The van der Waals surface area contributed by atoms with Gasteiger partial charge in [0.25, 0.3) is 0 Å². The molecule has 3 aliphatic rings. The van der Waals surface area contributed by atoms with Gasteiger partial charge in [-0.2, -0.15) is 13.2 Å². The fraction of sp³-hybridized carbons (Fsp3) is 0.556. The predicted octanol–water partition coefficient (Wildman–Crippen LogP) is 5.74. The Bertz CT molecular complexity index is 1090. The Balaban J connectivity index is 0.00000336. The molecule has 3 heterocycles. The zero-order valence-corrected chi connectivity index (χ0v) is 23.2. The van der Waals surface area contributed by atoms with Crippen LogP contribution in [0, 0.1) is 5.92 Å². The van der Waals surface area contributed by atoms with E-state index in [-0.39, 0.29) is 18.4 Å². The topological polar surface area (TPSA) is 82.6 Å². The summed E-state index contributed by atoms with van der Waals surface area (Å²) in [6.07, 6.45) is 0.654. The van der Waals surface area contributed by atoms with Crippen LogP contribution in [0.5, 0.6) is 0 Å². The number of fused-ring (bicyclic) bond motifs is 2. The van der Waals surface area contributed by atoms with Crippen LogP contribution < -0.4 is 27.0 Å². The minimum Gasteiger partial charge on any atom is -0.380 e. The van der Waals surface area contributed by atoms with Gasteiger partial charge in [-0.3, -0.25) is 0 Å². The first-order valence-corrected chi connectivity index (χ1v) is 14.1. The number of benzene rings is 2. The van der Waals surface area contributed by atoms with E-state index in [9.17, 15) is 13.2 Å². The van der Waals surface area contributed by atoms with Crippen molar-refractivity contribution >= 4 is 46.9 Å². The molecular formula is C27H38ClF3N6S. The Morgan fingerprint density at radius 1 is 0.947 bits per heavy atom. The molecule has 0 aromatic heterocycles. The van der Waals surface area contributed by atoms with Gasteiger partial charge in [-0.25, -0.2) is 0 Å². The zero-order chi connectivity index (χ0) is 26.0. The second kappa shape index (κ2) is 12.6. The number of halogens is 4. The maximum absolute atomic E-state index is 13.9. The SMILES string of the molecule is Cl.NCCC1CCN(c2ccc3c(c2)Sc2cc(C(F)(F)F)cc(NC4CCN(CCN)CC4)c2N3)CC1. The van der Waals surface area contributed by atoms with E-state index in [1.165, 1.54) is 23.9 Å². The number of nitrogens with zero attached hydrogens (tertiary/aromatic N) is 2. The maximum Gasteiger partial charge on any atom is 0.416 e. The molecule has 3 aliphatic heterocycles. The fourth-order valence-corrected chi connectivity index (χ4v) is 6.76. The fourth-order valence-electron chi connectivity index (χ4n) is 5.67. The van der Waals surface area contributed by atoms with Gasteiger partial charge in [0.15, 0.2) is 0 Å². The van der Waals surface area contributed by atoms with E-state index in [0.29, 0.717) is 23.0 Å². The lowest BCUT2D eigenvalue weighted by molar-refractivity contribution is -0.137. The molecular weight excluding hydrogens is 533 g/mol. The molecule has 0 aliphatic carbocycles. The summed E-state index contributed by atoms with van der Waals surface area (Å²) in [6.45, 7) is 5.96. The van der Waals surface area contributed by atoms with Gasteiger partial charge in [-0.05, 0) is 74.9 Å². The highest BCUT2D eigenvalue weighted by Gasteiger charge is 2.34. The molecule has 2 saturated heterocycles. The van der Waals surface area contributed by atoms with E-state index >= 15 is 0 Å². The summed E-state index contributed by atoms with van der Waals surface area (Å²) >= 11 is 1.41. The first kappa shape index (κ1) is 29.1. The molecule has 6 nitrogen and oxygen atoms in total. The zero-order valence-electron chi connectivity index (χ0n) is 21.5. The van der Waals surface area contributed by atoms with Crippen LogP contribution >= 0.6 is 24.2 Å². The van der Waals surface area contributed by atoms with Crippen molar-refractivity contribution in [1.29, 1.82) is 0 Å². The molecule has 0 radical (unpaired) electrons. The lowest BCUT2D eigenvalue weighted by Crippen LogP contribution is -2.41. The highest BCUT2D eigenvalue weighted by atomic mass is 35.5. The minimum atomic E-state index is -4.41. The lowest BCUT2D eigenvalue weighted by atomic mass is 9.93.